The van der Waals surface area contributed by atoms with Crippen LogP contribution >= 0.6 is 0 Å². The Morgan fingerprint density at radius 2 is 1.68 bits per heavy atom. The summed E-state index contributed by atoms with van der Waals surface area (Å²) in [6.07, 6.45) is 0.600. The van der Waals surface area contributed by atoms with Crippen molar-refractivity contribution in [3.05, 3.63) is 64.5 Å². The lowest BCUT2D eigenvalue weighted by Crippen LogP contribution is -2.32. The number of fused-ring (bicyclic) bond motifs is 1. The van der Waals surface area contributed by atoms with Crippen LogP contribution in [0, 0.1) is 11.2 Å². The molecule has 0 saturated heterocycles. The van der Waals surface area contributed by atoms with Crippen molar-refractivity contribution < 1.29 is 14.0 Å². The molecule has 1 heterocycles. The number of rotatable bonds is 4. The third kappa shape index (κ3) is 4.75. The first kappa shape index (κ1) is 20.0. The monoisotopic (exact) mass is 383 g/mol. The molecule has 3 rings (SSSR count). The molecule has 0 radical (unpaired) electrons. The van der Waals surface area contributed by atoms with Crippen LogP contribution in [0.25, 0.3) is 0 Å². The lowest BCUT2D eigenvalue weighted by Gasteiger charge is -2.19. The van der Waals surface area contributed by atoms with Gasteiger partial charge in [-0.15, -0.1) is 0 Å². The van der Waals surface area contributed by atoms with Gasteiger partial charge in [0.15, 0.2) is 0 Å². The molecule has 0 saturated carbocycles. The van der Waals surface area contributed by atoms with Crippen molar-refractivity contribution in [3.8, 4) is 0 Å². The van der Waals surface area contributed by atoms with Crippen LogP contribution in [0.1, 0.15) is 52.6 Å². The molecule has 6 heteroatoms. The molecule has 0 atom stereocenters. The Bertz CT molecular complexity index is 886. The van der Waals surface area contributed by atoms with Gasteiger partial charge in [-0.1, -0.05) is 26.8 Å². The summed E-state index contributed by atoms with van der Waals surface area (Å²) in [5.41, 5.74) is 2.59. The Balaban J connectivity index is 1.68. The molecular weight excluding hydrogens is 357 g/mol. The Kier molecular flexibility index (Phi) is 5.79. The van der Waals surface area contributed by atoms with E-state index in [1.54, 1.807) is 30.3 Å². The highest BCUT2D eigenvalue weighted by molar-refractivity contribution is 6.05. The van der Waals surface area contributed by atoms with Crippen LogP contribution in [0.2, 0.25) is 0 Å². The number of nitrogens with one attached hydrogen (secondary N) is 3. The minimum atomic E-state index is -0.408. The molecule has 3 N–H and O–H groups in total. The number of halogens is 1. The van der Waals surface area contributed by atoms with Crippen molar-refractivity contribution in [1.29, 1.82) is 0 Å². The van der Waals surface area contributed by atoms with Crippen LogP contribution in [0.5, 0.6) is 0 Å². The van der Waals surface area contributed by atoms with Gasteiger partial charge in [-0.25, -0.2) is 4.39 Å². The molecule has 2 aromatic carbocycles. The Morgan fingerprint density at radius 1 is 1.04 bits per heavy atom. The fourth-order valence-electron chi connectivity index (χ4n) is 3.05. The maximum absolute atomic E-state index is 14.7. The predicted molar refractivity (Wildman–Crippen MR) is 108 cm³/mol. The maximum atomic E-state index is 14.7. The smallest absolute Gasteiger partial charge is 0.255 e. The summed E-state index contributed by atoms with van der Waals surface area (Å²) in [5, 5.41) is 8.70. The van der Waals surface area contributed by atoms with E-state index >= 15 is 0 Å². The lowest BCUT2D eigenvalue weighted by molar-refractivity contribution is 0.0938. The molecule has 5 nitrogen and oxygen atoms in total. The Morgan fingerprint density at radius 3 is 2.32 bits per heavy atom. The van der Waals surface area contributed by atoms with Gasteiger partial charge in [-0.05, 0) is 59.8 Å². The maximum Gasteiger partial charge on any atom is 0.255 e. The average Bonchev–Trinajstić information content (AvgIpc) is 2.68. The Labute approximate surface area is 164 Å². The summed E-state index contributed by atoms with van der Waals surface area (Å²) < 4.78 is 14.7. The van der Waals surface area contributed by atoms with Crippen LogP contribution in [0.4, 0.5) is 10.1 Å². The highest BCUT2D eigenvalue weighted by Gasteiger charge is 2.18. The largest absolute Gasteiger partial charge is 0.352 e. The van der Waals surface area contributed by atoms with Crippen LogP contribution in [-0.2, 0) is 13.0 Å². The summed E-state index contributed by atoms with van der Waals surface area (Å²) in [7, 11) is 0. The summed E-state index contributed by atoms with van der Waals surface area (Å²) in [6.45, 7) is 8.03. The lowest BCUT2D eigenvalue weighted by atomic mass is 9.97. The van der Waals surface area contributed by atoms with Crippen LogP contribution in [-0.4, -0.2) is 24.9 Å². The SMILES string of the molecule is CC(C)(C)CNC(=O)c1ccc(C(=O)Nc2ccc3c(c2F)CCNC3)cc1. The standard InChI is InChI=1S/C22H26FN3O2/c1-22(2,3)13-25-20(27)14-4-6-15(7-5-14)21(28)26-18-9-8-16-12-24-11-10-17(16)19(18)23/h4-9,24H,10-13H2,1-3H3,(H,25,27)(H,26,28). The zero-order valence-electron chi connectivity index (χ0n) is 16.5. The van der Waals surface area contributed by atoms with Gasteiger partial charge in [0.25, 0.3) is 11.8 Å². The highest BCUT2D eigenvalue weighted by Crippen LogP contribution is 2.25. The number of anilines is 1. The van der Waals surface area contributed by atoms with E-state index in [1.807, 2.05) is 26.8 Å². The van der Waals surface area contributed by atoms with Crippen molar-refractivity contribution in [3.63, 3.8) is 0 Å². The normalized spacial score (nSPS) is 13.6. The topological polar surface area (TPSA) is 70.2 Å². The summed E-state index contributed by atoms with van der Waals surface area (Å²) >= 11 is 0. The number of hydrogen-bond donors (Lipinski definition) is 3. The van der Waals surface area contributed by atoms with Crippen molar-refractivity contribution in [2.75, 3.05) is 18.4 Å². The molecule has 28 heavy (non-hydrogen) atoms. The van der Waals surface area contributed by atoms with E-state index < -0.39 is 5.91 Å². The number of carbonyl (C=O) groups is 2. The minimum Gasteiger partial charge on any atom is -0.352 e. The van der Waals surface area contributed by atoms with Crippen molar-refractivity contribution >= 4 is 17.5 Å². The number of carbonyl (C=O) groups excluding carboxylic acids is 2. The van der Waals surface area contributed by atoms with Gasteiger partial charge in [0.2, 0.25) is 0 Å². The summed E-state index contributed by atoms with van der Waals surface area (Å²) in [4.78, 5) is 24.7. The molecule has 0 bridgehead atoms. The second-order valence-corrected chi connectivity index (χ2v) is 8.27. The van der Waals surface area contributed by atoms with Crippen LogP contribution < -0.4 is 16.0 Å². The van der Waals surface area contributed by atoms with E-state index in [2.05, 4.69) is 16.0 Å². The number of benzene rings is 2. The fourth-order valence-corrected chi connectivity index (χ4v) is 3.05. The molecule has 1 aliphatic heterocycles. The molecule has 0 aromatic heterocycles. The number of hydrogen-bond acceptors (Lipinski definition) is 3. The Hall–Kier alpha value is -2.73. The molecule has 0 unspecified atom stereocenters. The first-order valence-corrected chi connectivity index (χ1v) is 9.45. The van der Waals surface area contributed by atoms with Gasteiger partial charge >= 0.3 is 0 Å². The molecule has 2 aromatic rings. The molecule has 0 aliphatic carbocycles. The van der Waals surface area contributed by atoms with E-state index in [1.165, 1.54) is 0 Å². The van der Waals surface area contributed by atoms with Gasteiger partial charge in [-0.3, -0.25) is 9.59 Å². The fraction of sp³-hybridized carbons (Fsp3) is 0.364. The first-order chi connectivity index (χ1) is 13.2. The van der Waals surface area contributed by atoms with Gasteiger partial charge in [0.05, 0.1) is 5.69 Å². The van der Waals surface area contributed by atoms with E-state index in [0.717, 1.165) is 12.1 Å². The van der Waals surface area contributed by atoms with Crippen molar-refractivity contribution in [2.45, 2.75) is 33.7 Å². The van der Waals surface area contributed by atoms with Crippen LogP contribution in [0.3, 0.4) is 0 Å². The summed E-state index contributed by atoms with van der Waals surface area (Å²) in [6, 6.07) is 9.77. The molecular formula is C22H26FN3O2. The predicted octanol–water partition coefficient (Wildman–Crippen LogP) is 3.50. The molecule has 148 valence electrons. The molecule has 0 spiro atoms. The van der Waals surface area contributed by atoms with E-state index in [-0.39, 0.29) is 22.8 Å². The number of amides is 2. The second kappa shape index (κ2) is 8.10. The average molecular weight is 383 g/mol. The highest BCUT2D eigenvalue weighted by atomic mass is 19.1. The zero-order valence-corrected chi connectivity index (χ0v) is 16.5. The zero-order chi connectivity index (χ0) is 20.3. The quantitative estimate of drug-likeness (QED) is 0.757. The third-order valence-corrected chi connectivity index (χ3v) is 4.64. The van der Waals surface area contributed by atoms with E-state index in [0.29, 0.717) is 36.2 Å². The van der Waals surface area contributed by atoms with Crippen LogP contribution in [0.15, 0.2) is 36.4 Å². The first-order valence-electron chi connectivity index (χ1n) is 9.45. The van der Waals surface area contributed by atoms with E-state index in [4.69, 9.17) is 0 Å². The summed E-state index contributed by atoms with van der Waals surface area (Å²) in [5.74, 6) is -0.962. The van der Waals surface area contributed by atoms with Crippen molar-refractivity contribution in [1.82, 2.24) is 10.6 Å². The molecule has 1 aliphatic rings. The second-order valence-electron chi connectivity index (χ2n) is 8.27. The minimum absolute atomic E-state index is 0.00943. The van der Waals surface area contributed by atoms with Gasteiger partial charge < -0.3 is 16.0 Å². The molecule has 2 amide bonds. The third-order valence-electron chi connectivity index (χ3n) is 4.64. The van der Waals surface area contributed by atoms with Gasteiger partial charge in [0.1, 0.15) is 5.82 Å². The van der Waals surface area contributed by atoms with E-state index in [9.17, 15) is 14.0 Å². The van der Waals surface area contributed by atoms with Gasteiger partial charge in [-0.2, -0.15) is 0 Å². The van der Waals surface area contributed by atoms with Gasteiger partial charge in [0, 0.05) is 24.2 Å². The molecule has 0 fully saturated rings. The van der Waals surface area contributed by atoms with Crippen molar-refractivity contribution in [2.24, 2.45) is 5.41 Å².